The van der Waals surface area contributed by atoms with Gasteiger partial charge in [0.05, 0.1) is 0 Å². The van der Waals surface area contributed by atoms with Crippen molar-refractivity contribution >= 4 is 23.6 Å². The van der Waals surface area contributed by atoms with E-state index in [9.17, 15) is 0 Å². The molecule has 2 heterocycles. The van der Waals surface area contributed by atoms with Crippen molar-refractivity contribution in [1.82, 2.24) is 10.2 Å². The van der Waals surface area contributed by atoms with Gasteiger partial charge in [0.25, 0.3) is 0 Å². The fraction of sp³-hybridized carbons (Fsp3) is 0.333. The molecular formula is C9H11BN2O2S. The van der Waals surface area contributed by atoms with E-state index in [2.05, 4.69) is 17.1 Å². The second-order valence-electron chi connectivity index (χ2n) is 3.17. The van der Waals surface area contributed by atoms with E-state index in [0.29, 0.717) is 11.8 Å². The molecule has 0 saturated carbocycles. The zero-order valence-electron chi connectivity index (χ0n) is 8.43. The molecule has 2 aromatic heterocycles. The monoisotopic (exact) mass is 222 g/mol. The van der Waals surface area contributed by atoms with Crippen molar-refractivity contribution in [3.8, 4) is 11.5 Å². The minimum Gasteiger partial charge on any atom is -0.449 e. The highest BCUT2D eigenvalue weighted by Crippen LogP contribution is 2.18. The third-order valence-electron chi connectivity index (χ3n) is 2.05. The van der Waals surface area contributed by atoms with E-state index in [4.69, 9.17) is 9.44 Å². The summed E-state index contributed by atoms with van der Waals surface area (Å²) in [5.41, 5.74) is 0.845. The summed E-state index contributed by atoms with van der Waals surface area (Å²) in [5, 5.41) is 18.9. The molecule has 0 unspecified atom stereocenters. The maximum Gasteiger partial charge on any atom is 0.316 e. The molecule has 0 aliphatic heterocycles. The fourth-order valence-electron chi connectivity index (χ4n) is 1.33. The second kappa shape index (κ2) is 4.59. The van der Waals surface area contributed by atoms with E-state index in [0.717, 1.165) is 23.2 Å². The average molecular weight is 222 g/mol. The Labute approximate surface area is 92.2 Å². The number of nitrogens with zero attached hydrogens (tertiary/aromatic N) is 2. The van der Waals surface area contributed by atoms with Gasteiger partial charge in [-0.3, -0.25) is 0 Å². The minimum atomic E-state index is 0.0124. The van der Waals surface area contributed by atoms with Gasteiger partial charge >= 0.3 is 7.48 Å². The molecule has 0 fully saturated rings. The predicted molar refractivity (Wildman–Crippen MR) is 60.6 cm³/mol. The molecule has 4 nitrogen and oxygen atoms in total. The van der Waals surface area contributed by atoms with Crippen molar-refractivity contribution in [2.24, 2.45) is 0 Å². The van der Waals surface area contributed by atoms with Gasteiger partial charge in [0.15, 0.2) is 0 Å². The smallest absolute Gasteiger partial charge is 0.316 e. The zero-order chi connectivity index (χ0) is 10.7. The number of hydrogen-bond acceptors (Lipinski definition) is 5. The molecule has 2 aromatic rings. The normalized spacial score (nSPS) is 10.5. The van der Waals surface area contributed by atoms with E-state index >= 15 is 0 Å². The Hall–Kier alpha value is -1.14. The van der Waals surface area contributed by atoms with Crippen molar-refractivity contribution in [1.29, 1.82) is 0 Å². The van der Waals surface area contributed by atoms with E-state index in [1.54, 1.807) is 0 Å². The van der Waals surface area contributed by atoms with Crippen LogP contribution in [0.1, 0.15) is 19.2 Å². The van der Waals surface area contributed by atoms with Gasteiger partial charge in [-0.2, -0.15) is 11.3 Å². The van der Waals surface area contributed by atoms with Gasteiger partial charge in [-0.25, -0.2) is 0 Å². The standard InChI is InChI=1S/C9H11BN2O2S/c1-2-3-7-11-12-9(14-7)6-4-5-15-8(6)10-13/h4-5,10,13H,2-3H2,1H3. The summed E-state index contributed by atoms with van der Waals surface area (Å²) in [7, 11) is 0.0124. The van der Waals surface area contributed by atoms with Crippen molar-refractivity contribution in [3.63, 3.8) is 0 Å². The van der Waals surface area contributed by atoms with Gasteiger partial charge in [0.2, 0.25) is 11.8 Å². The molecule has 0 spiro atoms. The second-order valence-corrected chi connectivity index (χ2v) is 4.17. The van der Waals surface area contributed by atoms with Crippen LogP contribution in [0.2, 0.25) is 0 Å². The van der Waals surface area contributed by atoms with Crippen molar-refractivity contribution in [3.05, 3.63) is 17.3 Å². The summed E-state index contributed by atoms with van der Waals surface area (Å²) in [4.78, 5) is 0. The van der Waals surface area contributed by atoms with Crippen LogP contribution in [0.5, 0.6) is 0 Å². The van der Waals surface area contributed by atoms with Crippen LogP contribution >= 0.6 is 11.3 Å². The molecule has 0 aliphatic rings. The van der Waals surface area contributed by atoms with Crippen LogP contribution in [-0.4, -0.2) is 22.7 Å². The number of aryl methyl sites for hydroxylation is 1. The van der Waals surface area contributed by atoms with Crippen LogP contribution in [0.15, 0.2) is 15.9 Å². The minimum absolute atomic E-state index is 0.0124. The lowest BCUT2D eigenvalue weighted by molar-refractivity contribution is 0.502. The number of rotatable bonds is 4. The van der Waals surface area contributed by atoms with Gasteiger partial charge in [0.1, 0.15) is 0 Å². The van der Waals surface area contributed by atoms with E-state index in [-0.39, 0.29) is 7.48 Å². The van der Waals surface area contributed by atoms with Crippen LogP contribution < -0.4 is 4.78 Å². The van der Waals surface area contributed by atoms with Gasteiger partial charge in [0, 0.05) is 16.8 Å². The Morgan fingerprint density at radius 2 is 2.40 bits per heavy atom. The molecule has 78 valence electrons. The number of aromatic nitrogens is 2. The number of thiophene rings is 1. The predicted octanol–water partition coefficient (Wildman–Crippen LogP) is 0.720. The summed E-state index contributed by atoms with van der Waals surface area (Å²) < 4.78 is 6.35. The van der Waals surface area contributed by atoms with Gasteiger partial charge in [-0.15, -0.1) is 10.2 Å². The molecule has 0 aromatic carbocycles. The van der Waals surface area contributed by atoms with Crippen LogP contribution in [0.25, 0.3) is 11.5 Å². The molecule has 0 atom stereocenters. The van der Waals surface area contributed by atoms with E-state index in [1.807, 2.05) is 11.4 Å². The topological polar surface area (TPSA) is 59.2 Å². The lowest BCUT2D eigenvalue weighted by Gasteiger charge is -1.92. The molecular weight excluding hydrogens is 211 g/mol. The summed E-state index contributed by atoms with van der Waals surface area (Å²) in [6.07, 6.45) is 1.78. The lowest BCUT2D eigenvalue weighted by Crippen LogP contribution is -2.10. The first-order chi connectivity index (χ1) is 7.35. The summed E-state index contributed by atoms with van der Waals surface area (Å²) in [6, 6.07) is 1.89. The van der Waals surface area contributed by atoms with Crippen molar-refractivity contribution in [2.75, 3.05) is 0 Å². The van der Waals surface area contributed by atoms with Gasteiger partial charge in [-0.1, -0.05) is 6.92 Å². The van der Waals surface area contributed by atoms with Gasteiger partial charge in [-0.05, 0) is 17.9 Å². The third kappa shape index (κ3) is 2.10. The summed E-state index contributed by atoms with van der Waals surface area (Å²) in [6.45, 7) is 2.06. The molecule has 0 saturated heterocycles. The zero-order valence-corrected chi connectivity index (χ0v) is 9.25. The molecule has 2 rings (SSSR count). The molecule has 1 N–H and O–H groups in total. The maximum absolute atomic E-state index is 9.10. The van der Waals surface area contributed by atoms with Crippen LogP contribution in [0.3, 0.4) is 0 Å². The Bertz CT molecular complexity index is 441. The average Bonchev–Trinajstić information content (AvgIpc) is 2.84. The third-order valence-corrected chi connectivity index (χ3v) is 2.96. The maximum atomic E-state index is 9.10. The van der Waals surface area contributed by atoms with Crippen molar-refractivity contribution in [2.45, 2.75) is 19.8 Å². The number of hydrogen-bond donors (Lipinski definition) is 1. The van der Waals surface area contributed by atoms with Crippen LogP contribution in [-0.2, 0) is 6.42 Å². The highest BCUT2D eigenvalue weighted by Gasteiger charge is 2.13. The molecule has 6 heteroatoms. The first-order valence-electron chi connectivity index (χ1n) is 4.85. The SMILES string of the molecule is CCCc1nnc(-c2ccsc2BO)o1. The largest absolute Gasteiger partial charge is 0.449 e. The quantitative estimate of drug-likeness (QED) is 0.774. The molecule has 0 radical (unpaired) electrons. The lowest BCUT2D eigenvalue weighted by atomic mass is 9.95. The Morgan fingerprint density at radius 1 is 1.53 bits per heavy atom. The summed E-state index contributed by atoms with van der Waals surface area (Å²) in [5.74, 6) is 1.16. The van der Waals surface area contributed by atoms with Crippen molar-refractivity contribution < 1.29 is 9.44 Å². The van der Waals surface area contributed by atoms with Crippen LogP contribution in [0, 0.1) is 0 Å². The first kappa shape index (κ1) is 10.4. The Kier molecular flexibility index (Phi) is 3.18. The molecule has 0 amide bonds. The Morgan fingerprint density at radius 3 is 3.13 bits per heavy atom. The molecule has 0 aliphatic carbocycles. The summed E-state index contributed by atoms with van der Waals surface area (Å²) >= 11 is 1.49. The van der Waals surface area contributed by atoms with E-state index < -0.39 is 0 Å². The van der Waals surface area contributed by atoms with Gasteiger partial charge < -0.3 is 9.44 Å². The Balaban J connectivity index is 2.28. The highest BCUT2D eigenvalue weighted by atomic mass is 32.1. The molecule has 0 bridgehead atoms. The first-order valence-corrected chi connectivity index (χ1v) is 5.73. The fourth-order valence-corrected chi connectivity index (χ4v) is 2.06. The van der Waals surface area contributed by atoms with Crippen LogP contribution in [0.4, 0.5) is 0 Å². The highest BCUT2D eigenvalue weighted by molar-refractivity contribution is 7.20. The molecule has 15 heavy (non-hydrogen) atoms. The van der Waals surface area contributed by atoms with E-state index in [1.165, 1.54) is 11.3 Å².